The Kier molecular flexibility index (Phi) is 6.34. The predicted molar refractivity (Wildman–Crippen MR) is 117 cm³/mol. The first-order valence-corrected chi connectivity index (χ1v) is 11.5. The molecule has 6 nitrogen and oxygen atoms in total. The number of hydrogen-bond acceptors (Lipinski definition) is 5. The number of thiazole rings is 1. The highest BCUT2D eigenvalue weighted by Crippen LogP contribution is 2.25. The van der Waals surface area contributed by atoms with E-state index in [1.807, 2.05) is 38.3 Å². The van der Waals surface area contributed by atoms with Gasteiger partial charge < -0.3 is 5.32 Å². The van der Waals surface area contributed by atoms with Crippen molar-refractivity contribution in [3.05, 3.63) is 70.7 Å². The molecule has 29 heavy (non-hydrogen) atoms. The van der Waals surface area contributed by atoms with Crippen molar-refractivity contribution in [3.8, 4) is 0 Å². The van der Waals surface area contributed by atoms with Gasteiger partial charge in [0.1, 0.15) is 0 Å². The second kappa shape index (κ2) is 8.75. The van der Waals surface area contributed by atoms with Crippen LogP contribution in [0.4, 0.5) is 10.8 Å². The molecule has 1 aromatic heterocycles. The van der Waals surface area contributed by atoms with Crippen LogP contribution in [0.3, 0.4) is 0 Å². The SMILES string of the molecule is Cc1ccc(N(CCC(=O)Nc2nc(C)cs2)S(=O)(=O)c2ccc(C)cc2)cc1. The number of anilines is 2. The Hall–Kier alpha value is -2.71. The van der Waals surface area contributed by atoms with E-state index in [1.54, 1.807) is 36.4 Å². The molecule has 152 valence electrons. The lowest BCUT2D eigenvalue weighted by Gasteiger charge is -2.24. The molecule has 0 aliphatic rings. The number of aryl methyl sites for hydroxylation is 3. The standard InChI is InChI=1S/C21H23N3O3S2/c1-15-4-8-18(9-5-15)24(29(26,27)19-10-6-16(2)7-11-19)13-12-20(25)23-21-22-17(3)14-28-21/h4-11,14H,12-13H2,1-3H3,(H,22,23,25). The van der Waals surface area contributed by atoms with E-state index in [9.17, 15) is 13.2 Å². The number of rotatable bonds is 7. The summed E-state index contributed by atoms with van der Waals surface area (Å²) < 4.78 is 27.9. The van der Waals surface area contributed by atoms with Crippen molar-refractivity contribution in [2.45, 2.75) is 32.1 Å². The van der Waals surface area contributed by atoms with E-state index < -0.39 is 10.0 Å². The van der Waals surface area contributed by atoms with Gasteiger partial charge in [-0.3, -0.25) is 9.10 Å². The zero-order valence-electron chi connectivity index (χ0n) is 16.5. The molecule has 1 heterocycles. The minimum absolute atomic E-state index is 0.0115. The number of nitrogens with one attached hydrogen (secondary N) is 1. The highest BCUT2D eigenvalue weighted by molar-refractivity contribution is 7.92. The summed E-state index contributed by atoms with van der Waals surface area (Å²) in [5.41, 5.74) is 3.35. The highest BCUT2D eigenvalue weighted by atomic mass is 32.2. The first-order chi connectivity index (χ1) is 13.8. The summed E-state index contributed by atoms with van der Waals surface area (Å²) in [7, 11) is -3.81. The molecular formula is C21H23N3O3S2. The van der Waals surface area contributed by atoms with E-state index >= 15 is 0 Å². The Morgan fingerprint density at radius 1 is 1.00 bits per heavy atom. The molecule has 2 aromatic carbocycles. The molecule has 0 aliphatic heterocycles. The summed E-state index contributed by atoms with van der Waals surface area (Å²) >= 11 is 1.34. The van der Waals surface area contributed by atoms with Crippen LogP contribution < -0.4 is 9.62 Å². The third-order valence-corrected chi connectivity index (χ3v) is 7.06. The van der Waals surface area contributed by atoms with Gasteiger partial charge in [-0.25, -0.2) is 13.4 Å². The fraction of sp³-hybridized carbons (Fsp3) is 0.238. The maximum absolute atomic E-state index is 13.3. The molecule has 0 radical (unpaired) electrons. The maximum atomic E-state index is 13.3. The van der Waals surface area contributed by atoms with Gasteiger partial charge in [-0.15, -0.1) is 11.3 Å². The first kappa shape index (κ1) is 21.0. The van der Waals surface area contributed by atoms with Gasteiger partial charge in [0.2, 0.25) is 5.91 Å². The van der Waals surface area contributed by atoms with Crippen LogP contribution in [0, 0.1) is 20.8 Å². The molecule has 0 bridgehead atoms. The number of aromatic nitrogens is 1. The van der Waals surface area contributed by atoms with Gasteiger partial charge in [0.05, 0.1) is 16.3 Å². The van der Waals surface area contributed by atoms with Crippen LogP contribution in [0.15, 0.2) is 58.8 Å². The normalized spacial score (nSPS) is 11.3. The Morgan fingerprint density at radius 2 is 1.59 bits per heavy atom. The van der Waals surface area contributed by atoms with E-state index in [1.165, 1.54) is 15.6 Å². The summed E-state index contributed by atoms with van der Waals surface area (Å²) in [5.74, 6) is -0.282. The minimum atomic E-state index is -3.81. The number of carbonyl (C=O) groups excluding carboxylic acids is 1. The molecule has 0 unspecified atom stereocenters. The lowest BCUT2D eigenvalue weighted by atomic mass is 10.2. The average molecular weight is 430 g/mol. The number of amides is 1. The van der Waals surface area contributed by atoms with E-state index in [2.05, 4.69) is 10.3 Å². The van der Waals surface area contributed by atoms with Crippen molar-refractivity contribution in [1.29, 1.82) is 0 Å². The Morgan fingerprint density at radius 3 is 2.14 bits per heavy atom. The molecule has 0 fully saturated rings. The third-order valence-electron chi connectivity index (χ3n) is 4.34. The topological polar surface area (TPSA) is 79.4 Å². The molecule has 0 spiro atoms. The molecule has 3 rings (SSSR count). The van der Waals surface area contributed by atoms with Crippen LogP contribution in [0.2, 0.25) is 0 Å². The van der Waals surface area contributed by atoms with Crippen molar-refractivity contribution in [3.63, 3.8) is 0 Å². The summed E-state index contributed by atoms with van der Waals surface area (Å²) in [6.45, 7) is 5.71. The largest absolute Gasteiger partial charge is 0.302 e. The van der Waals surface area contributed by atoms with Crippen molar-refractivity contribution in [2.75, 3.05) is 16.2 Å². The predicted octanol–water partition coefficient (Wildman–Crippen LogP) is 4.29. The van der Waals surface area contributed by atoms with Gasteiger partial charge in [0.15, 0.2) is 5.13 Å². The fourth-order valence-electron chi connectivity index (χ4n) is 2.73. The number of sulfonamides is 1. The van der Waals surface area contributed by atoms with Crippen molar-refractivity contribution >= 4 is 38.1 Å². The lowest BCUT2D eigenvalue weighted by molar-refractivity contribution is -0.116. The number of benzene rings is 2. The van der Waals surface area contributed by atoms with Crippen molar-refractivity contribution < 1.29 is 13.2 Å². The fourth-order valence-corrected chi connectivity index (χ4v) is 4.90. The van der Waals surface area contributed by atoms with Crippen LogP contribution in [0.25, 0.3) is 0 Å². The highest BCUT2D eigenvalue weighted by Gasteiger charge is 2.25. The van der Waals surface area contributed by atoms with Gasteiger partial charge in [0, 0.05) is 18.3 Å². The summed E-state index contributed by atoms with van der Waals surface area (Å²) in [6.07, 6.45) is 0.0115. The zero-order chi connectivity index (χ0) is 21.0. The second-order valence-corrected chi connectivity index (χ2v) is 9.54. The zero-order valence-corrected chi connectivity index (χ0v) is 18.2. The summed E-state index contributed by atoms with van der Waals surface area (Å²) in [5, 5.41) is 5.08. The second-order valence-electron chi connectivity index (χ2n) is 6.82. The summed E-state index contributed by atoms with van der Waals surface area (Å²) in [6, 6.07) is 13.9. The number of nitrogens with zero attached hydrogens (tertiary/aromatic N) is 2. The lowest BCUT2D eigenvalue weighted by Crippen LogP contribution is -2.34. The van der Waals surface area contributed by atoms with Crippen LogP contribution in [0.1, 0.15) is 23.2 Å². The van der Waals surface area contributed by atoms with E-state index in [0.717, 1.165) is 16.8 Å². The molecule has 3 aromatic rings. The minimum Gasteiger partial charge on any atom is -0.302 e. The van der Waals surface area contributed by atoms with Crippen molar-refractivity contribution in [1.82, 2.24) is 4.98 Å². The van der Waals surface area contributed by atoms with E-state index in [-0.39, 0.29) is 23.8 Å². The molecule has 0 atom stereocenters. The van der Waals surface area contributed by atoms with Gasteiger partial charge in [0.25, 0.3) is 10.0 Å². The molecule has 0 saturated heterocycles. The molecule has 1 amide bonds. The quantitative estimate of drug-likeness (QED) is 0.608. The van der Waals surface area contributed by atoms with E-state index in [0.29, 0.717) is 10.8 Å². The number of hydrogen-bond donors (Lipinski definition) is 1. The maximum Gasteiger partial charge on any atom is 0.264 e. The Labute approximate surface area is 175 Å². The van der Waals surface area contributed by atoms with Crippen molar-refractivity contribution in [2.24, 2.45) is 0 Å². The van der Waals surface area contributed by atoms with E-state index in [4.69, 9.17) is 0 Å². The van der Waals surface area contributed by atoms with Gasteiger partial charge >= 0.3 is 0 Å². The summed E-state index contributed by atoms with van der Waals surface area (Å²) in [4.78, 5) is 16.8. The first-order valence-electron chi connectivity index (χ1n) is 9.14. The molecule has 8 heteroatoms. The van der Waals surface area contributed by atoms with Crippen LogP contribution in [0.5, 0.6) is 0 Å². The van der Waals surface area contributed by atoms with Gasteiger partial charge in [-0.05, 0) is 45.0 Å². The number of carbonyl (C=O) groups is 1. The average Bonchev–Trinajstić information content (AvgIpc) is 3.08. The van der Waals surface area contributed by atoms with Crippen LogP contribution in [-0.4, -0.2) is 25.9 Å². The molecule has 1 N–H and O–H groups in total. The Balaban J connectivity index is 1.84. The molecule has 0 aliphatic carbocycles. The molecular weight excluding hydrogens is 406 g/mol. The monoisotopic (exact) mass is 429 g/mol. The Bertz CT molecular complexity index is 1090. The third kappa shape index (κ3) is 5.21. The molecule has 0 saturated carbocycles. The smallest absolute Gasteiger partial charge is 0.264 e. The van der Waals surface area contributed by atoms with Crippen LogP contribution >= 0.6 is 11.3 Å². The van der Waals surface area contributed by atoms with Gasteiger partial charge in [-0.2, -0.15) is 0 Å². The van der Waals surface area contributed by atoms with Crippen LogP contribution in [-0.2, 0) is 14.8 Å². The van der Waals surface area contributed by atoms with Gasteiger partial charge in [-0.1, -0.05) is 35.4 Å².